The van der Waals surface area contributed by atoms with Crippen LogP contribution in [-0.2, 0) is 33.2 Å². The van der Waals surface area contributed by atoms with Crippen LogP contribution in [0.1, 0.15) is 284 Å². The van der Waals surface area contributed by atoms with E-state index in [0.29, 0.717) is 12.8 Å². The van der Waals surface area contributed by atoms with Gasteiger partial charge in [-0.15, -0.1) is 0 Å². The Bertz CT molecular complexity index is 2290. The smallest absolute Gasteiger partial charge is 0.220 e. The van der Waals surface area contributed by atoms with Crippen LogP contribution in [0.3, 0.4) is 0 Å². The molecule has 0 aliphatic carbocycles. The van der Waals surface area contributed by atoms with E-state index in [9.17, 15) is 61.0 Å². The van der Waals surface area contributed by atoms with E-state index in [0.717, 1.165) is 116 Å². The van der Waals surface area contributed by atoms with Crippen molar-refractivity contribution in [3.63, 3.8) is 0 Å². The molecule has 19 heteroatoms. The molecule has 594 valence electrons. The first kappa shape index (κ1) is 93.7. The number of ether oxygens (including phenoxy) is 6. The molecule has 3 heterocycles. The Morgan fingerprint density at radius 1 is 0.359 bits per heavy atom. The Hall–Kier alpha value is -3.55. The predicted molar refractivity (Wildman–Crippen MR) is 410 cm³/mol. The average Bonchev–Trinajstić information content (AvgIpc) is 0.781. The SMILES string of the molecule is CC/C=C\C/C=C\C/C=C\C/C=C\C/C=C\C/C=C\C/C=C\C/C=C\C/C=C\CCCCCCCC(=O)NC(COC1OC(CO)C(OC2OC(CO)C(OC3OC(CO)C(O)C(O)C3O)C(O)C2O)C(O)C1O)C(O)CCCCCCCCCCCCCCCCCCCCCCCCCCC. The number of unbranched alkanes of at least 4 members (excludes halogenated alkanes) is 29. The zero-order chi connectivity index (χ0) is 74.6. The highest BCUT2D eigenvalue weighted by Gasteiger charge is 2.54. The molecule has 12 N–H and O–H groups in total. The van der Waals surface area contributed by atoms with Crippen LogP contribution in [0.15, 0.2) is 109 Å². The number of amides is 1. The second kappa shape index (κ2) is 63.4. The molecule has 17 atom stereocenters. The van der Waals surface area contributed by atoms with Gasteiger partial charge in [-0.3, -0.25) is 4.79 Å². The first-order valence-corrected chi connectivity index (χ1v) is 40.6. The van der Waals surface area contributed by atoms with Crippen LogP contribution in [0.2, 0.25) is 0 Å². The highest BCUT2D eigenvalue weighted by Crippen LogP contribution is 2.33. The molecule has 17 unspecified atom stereocenters. The van der Waals surface area contributed by atoms with Crippen LogP contribution in [0.4, 0.5) is 0 Å². The molecule has 3 aliphatic rings. The van der Waals surface area contributed by atoms with Crippen molar-refractivity contribution in [3.05, 3.63) is 109 Å². The lowest BCUT2D eigenvalue weighted by molar-refractivity contribution is -0.379. The van der Waals surface area contributed by atoms with Gasteiger partial charge in [-0.05, 0) is 83.5 Å². The maximum Gasteiger partial charge on any atom is 0.220 e. The van der Waals surface area contributed by atoms with Gasteiger partial charge in [0.2, 0.25) is 5.91 Å². The Labute approximate surface area is 621 Å². The van der Waals surface area contributed by atoms with E-state index in [1.807, 2.05) is 0 Å². The fraction of sp³-hybridized carbons (Fsp3) is 0.774. The number of carbonyl (C=O) groups excluding carboxylic acids is 1. The molecule has 0 aromatic rings. The van der Waals surface area contributed by atoms with Crippen LogP contribution in [-0.4, -0.2) is 193 Å². The van der Waals surface area contributed by atoms with Crippen molar-refractivity contribution in [3.8, 4) is 0 Å². The topological polar surface area (TPSA) is 307 Å². The summed E-state index contributed by atoms with van der Waals surface area (Å²) < 4.78 is 34.5. The number of nitrogens with one attached hydrogen (secondary N) is 1. The molecule has 3 saturated heterocycles. The standard InChI is InChI=1S/C84H145NO18/c1-3-5-7-9-11-13-15-17-19-21-23-25-27-29-30-31-32-33-34-35-36-38-40-42-44-46-48-50-52-54-56-58-60-62-72(90)85-67(68(89)61-59-57-55-53-51-49-47-45-43-41-39-37-28-26-24-22-20-18-16-14-12-10-8-6-4-2)66-98-82-78(96)75(93)80(70(64-87)100-82)103-84-79(97)76(94)81(71(65-88)101-84)102-83-77(95)74(92)73(91)69(63-86)99-83/h5,7,11,13,17,19,23,25,29-30,32-33,35-36,40,42,46,48,67-71,73-84,86-89,91-97H,3-4,6,8-10,12,14-16,18,20-22,24,26-28,31,34,37-39,41,43-45,47,49-66H2,1-2H3,(H,85,90)/b7-5-,13-11-,19-17-,25-23-,30-29-,33-32-,36-35-,42-40-,48-46-. The van der Waals surface area contributed by atoms with Crippen LogP contribution < -0.4 is 5.32 Å². The lowest BCUT2D eigenvalue weighted by Gasteiger charge is -2.48. The minimum Gasteiger partial charge on any atom is -0.394 e. The second-order valence-electron chi connectivity index (χ2n) is 28.5. The van der Waals surface area contributed by atoms with Gasteiger partial charge in [0.05, 0.1) is 38.6 Å². The Kier molecular flexibility index (Phi) is 57.6. The van der Waals surface area contributed by atoms with E-state index in [1.54, 1.807) is 0 Å². The van der Waals surface area contributed by atoms with E-state index in [4.69, 9.17) is 28.4 Å². The third-order valence-corrected chi connectivity index (χ3v) is 19.6. The first-order chi connectivity index (χ1) is 50.3. The molecular weight excluding hydrogens is 1310 g/mol. The van der Waals surface area contributed by atoms with Gasteiger partial charge in [0.15, 0.2) is 18.9 Å². The van der Waals surface area contributed by atoms with Gasteiger partial charge in [-0.1, -0.05) is 303 Å². The van der Waals surface area contributed by atoms with Crippen molar-refractivity contribution in [2.75, 3.05) is 26.4 Å². The van der Waals surface area contributed by atoms with E-state index in [1.165, 1.54) is 135 Å². The number of allylic oxidation sites excluding steroid dienone is 18. The number of hydrogen-bond acceptors (Lipinski definition) is 18. The van der Waals surface area contributed by atoms with Crippen LogP contribution in [0, 0.1) is 0 Å². The van der Waals surface area contributed by atoms with E-state index >= 15 is 0 Å². The highest BCUT2D eigenvalue weighted by molar-refractivity contribution is 5.76. The molecule has 0 aromatic carbocycles. The van der Waals surface area contributed by atoms with Gasteiger partial charge in [-0.2, -0.15) is 0 Å². The van der Waals surface area contributed by atoms with Gasteiger partial charge in [0.25, 0.3) is 0 Å². The van der Waals surface area contributed by atoms with Crippen molar-refractivity contribution < 1.29 is 89.4 Å². The van der Waals surface area contributed by atoms with Gasteiger partial charge in [-0.25, -0.2) is 0 Å². The number of carbonyl (C=O) groups is 1. The molecule has 0 saturated carbocycles. The van der Waals surface area contributed by atoms with E-state index < -0.39 is 124 Å². The largest absolute Gasteiger partial charge is 0.394 e. The van der Waals surface area contributed by atoms with Gasteiger partial charge in [0.1, 0.15) is 73.2 Å². The lowest BCUT2D eigenvalue weighted by Crippen LogP contribution is -2.66. The van der Waals surface area contributed by atoms with Crippen molar-refractivity contribution in [2.24, 2.45) is 0 Å². The summed E-state index contributed by atoms with van der Waals surface area (Å²) in [4.78, 5) is 13.5. The third-order valence-electron chi connectivity index (χ3n) is 19.6. The maximum absolute atomic E-state index is 13.5. The number of hydrogen-bond donors (Lipinski definition) is 12. The second-order valence-corrected chi connectivity index (χ2v) is 28.5. The minimum absolute atomic E-state index is 0.237. The molecule has 19 nitrogen and oxygen atoms in total. The van der Waals surface area contributed by atoms with Gasteiger partial charge < -0.3 is 89.9 Å². The van der Waals surface area contributed by atoms with E-state index in [-0.39, 0.29) is 18.9 Å². The minimum atomic E-state index is -1.98. The zero-order valence-corrected chi connectivity index (χ0v) is 63.5. The summed E-state index contributed by atoms with van der Waals surface area (Å²) in [6.45, 7) is 1.69. The van der Waals surface area contributed by atoms with Crippen LogP contribution in [0.5, 0.6) is 0 Å². The summed E-state index contributed by atoms with van der Waals surface area (Å²) in [5, 5.41) is 121. The number of rotatable bonds is 63. The summed E-state index contributed by atoms with van der Waals surface area (Å²) in [6.07, 6.45) is 60.2. The summed E-state index contributed by atoms with van der Waals surface area (Å²) in [7, 11) is 0. The predicted octanol–water partition coefficient (Wildman–Crippen LogP) is 13.7. The highest BCUT2D eigenvalue weighted by atomic mass is 16.8. The molecular formula is C84H145NO18. The van der Waals surface area contributed by atoms with Crippen LogP contribution >= 0.6 is 0 Å². The molecule has 0 bridgehead atoms. The quantitative estimate of drug-likeness (QED) is 0.0199. The first-order valence-electron chi connectivity index (χ1n) is 40.6. The maximum atomic E-state index is 13.5. The number of aliphatic hydroxyl groups is 11. The van der Waals surface area contributed by atoms with Crippen molar-refractivity contribution >= 4 is 5.91 Å². The Balaban J connectivity index is 1.39. The zero-order valence-electron chi connectivity index (χ0n) is 63.5. The third kappa shape index (κ3) is 43.3. The summed E-state index contributed by atoms with van der Waals surface area (Å²) in [6, 6.07) is -0.908. The van der Waals surface area contributed by atoms with Crippen LogP contribution in [0.25, 0.3) is 0 Å². The Morgan fingerprint density at radius 2 is 0.670 bits per heavy atom. The van der Waals surface area contributed by atoms with Crippen molar-refractivity contribution in [2.45, 2.75) is 388 Å². The summed E-state index contributed by atoms with van der Waals surface area (Å²) in [5.41, 5.74) is 0. The molecule has 3 fully saturated rings. The van der Waals surface area contributed by atoms with Crippen molar-refractivity contribution in [1.82, 2.24) is 5.32 Å². The lowest BCUT2D eigenvalue weighted by atomic mass is 9.96. The summed E-state index contributed by atoms with van der Waals surface area (Å²) in [5.74, 6) is -0.263. The fourth-order valence-corrected chi connectivity index (χ4v) is 13.1. The average molecular weight is 1460 g/mol. The molecule has 3 rings (SSSR count). The normalized spacial score (nSPS) is 26.6. The fourth-order valence-electron chi connectivity index (χ4n) is 13.1. The van der Waals surface area contributed by atoms with Gasteiger partial charge in [0, 0.05) is 6.42 Å². The molecule has 103 heavy (non-hydrogen) atoms. The van der Waals surface area contributed by atoms with E-state index in [2.05, 4.69) is 129 Å². The number of aliphatic hydroxyl groups excluding tert-OH is 11. The molecule has 0 spiro atoms. The van der Waals surface area contributed by atoms with Crippen molar-refractivity contribution in [1.29, 1.82) is 0 Å². The van der Waals surface area contributed by atoms with Gasteiger partial charge >= 0.3 is 0 Å². The Morgan fingerprint density at radius 3 is 1.05 bits per heavy atom. The monoisotopic (exact) mass is 1460 g/mol. The molecule has 0 radical (unpaired) electrons. The summed E-state index contributed by atoms with van der Waals surface area (Å²) >= 11 is 0. The molecule has 0 aromatic heterocycles. The molecule has 3 aliphatic heterocycles. The molecule has 1 amide bonds.